The number of halogens is 1. The van der Waals surface area contributed by atoms with Crippen molar-refractivity contribution in [2.45, 2.75) is 39.9 Å². The Morgan fingerprint density at radius 2 is 1.88 bits per heavy atom. The first-order valence-electron chi connectivity index (χ1n) is 8.32. The molecule has 3 aromatic rings. The van der Waals surface area contributed by atoms with Crippen molar-refractivity contribution in [2.75, 3.05) is 0 Å². The minimum Gasteiger partial charge on any atom is -0.479 e. The number of thiophene rings is 1. The van der Waals surface area contributed by atoms with E-state index in [-0.39, 0.29) is 6.10 Å². The fourth-order valence-electron chi connectivity index (χ4n) is 3.07. The van der Waals surface area contributed by atoms with Crippen LogP contribution in [0.4, 0.5) is 0 Å². The number of hydrogen-bond donors (Lipinski definition) is 1. The predicted molar refractivity (Wildman–Crippen MR) is 106 cm³/mol. The van der Waals surface area contributed by atoms with Crippen LogP contribution in [0.2, 0.25) is 5.02 Å². The zero-order chi connectivity index (χ0) is 19.0. The molecule has 2 aromatic heterocycles. The van der Waals surface area contributed by atoms with E-state index in [1.165, 1.54) is 0 Å². The summed E-state index contributed by atoms with van der Waals surface area (Å²) in [4.78, 5) is 18.7. The Kier molecular flexibility index (Phi) is 5.32. The summed E-state index contributed by atoms with van der Waals surface area (Å²) in [6.07, 6.45) is -1.31. The third kappa shape index (κ3) is 3.61. The fourth-order valence-corrected chi connectivity index (χ4v) is 4.13. The van der Waals surface area contributed by atoms with Gasteiger partial charge in [-0.1, -0.05) is 23.7 Å². The zero-order valence-corrected chi connectivity index (χ0v) is 16.6. The number of nitrogens with zero attached hydrogens (tertiary/aromatic N) is 1. The number of pyridine rings is 1. The molecular weight excluding hydrogens is 370 g/mol. The van der Waals surface area contributed by atoms with Crippen LogP contribution < -0.4 is 0 Å². The molecule has 1 N–H and O–H groups in total. The molecule has 0 fully saturated rings. The lowest BCUT2D eigenvalue weighted by molar-refractivity contribution is -0.153. The van der Waals surface area contributed by atoms with Gasteiger partial charge in [-0.2, -0.15) is 0 Å². The third-order valence-corrected chi connectivity index (χ3v) is 5.26. The van der Waals surface area contributed by atoms with E-state index in [9.17, 15) is 9.90 Å². The highest BCUT2D eigenvalue weighted by Crippen LogP contribution is 2.41. The standard InChI is InChI=1S/C20H20ClNO3S/c1-10(2)25-18(20(23)24)16-12(4)22-19-15(9-11(3)26-19)17(16)13-5-7-14(21)8-6-13/h5-10,18H,1-4H3,(H,23,24). The Hall–Kier alpha value is -1.95. The minimum absolute atomic E-state index is 0.228. The van der Waals surface area contributed by atoms with Crippen LogP contribution in [-0.4, -0.2) is 22.2 Å². The van der Waals surface area contributed by atoms with Crippen molar-refractivity contribution in [3.63, 3.8) is 0 Å². The van der Waals surface area contributed by atoms with Gasteiger partial charge in [-0.25, -0.2) is 9.78 Å². The molecule has 0 aliphatic carbocycles. The number of fused-ring (bicyclic) bond motifs is 1. The smallest absolute Gasteiger partial charge is 0.337 e. The number of carbonyl (C=O) groups is 1. The first-order chi connectivity index (χ1) is 12.3. The lowest BCUT2D eigenvalue weighted by Crippen LogP contribution is -2.21. The number of aromatic nitrogens is 1. The molecule has 0 bridgehead atoms. The van der Waals surface area contributed by atoms with E-state index in [2.05, 4.69) is 4.98 Å². The highest BCUT2D eigenvalue weighted by atomic mass is 35.5. The lowest BCUT2D eigenvalue weighted by Gasteiger charge is -2.22. The van der Waals surface area contributed by atoms with E-state index in [0.29, 0.717) is 16.3 Å². The summed E-state index contributed by atoms with van der Waals surface area (Å²) >= 11 is 7.64. The number of aliphatic carboxylic acids is 1. The van der Waals surface area contributed by atoms with Gasteiger partial charge in [0.25, 0.3) is 0 Å². The van der Waals surface area contributed by atoms with Gasteiger partial charge >= 0.3 is 5.97 Å². The Labute approximate surface area is 161 Å². The summed E-state index contributed by atoms with van der Waals surface area (Å²) in [7, 11) is 0. The molecule has 4 nitrogen and oxygen atoms in total. The van der Waals surface area contributed by atoms with Crippen molar-refractivity contribution in [1.29, 1.82) is 0 Å². The van der Waals surface area contributed by atoms with Gasteiger partial charge in [0.1, 0.15) is 4.83 Å². The highest BCUT2D eigenvalue weighted by Gasteiger charge is 2.29. The summed E-state index contributed by atoms with van der Waals surface area (Å²) in [5, 5.41) is 11.4. The van der Waals surface area contributed by atoms with E-state index in [4.69, 9.17) is 16.3 Å². The van der Waals surface area contributed by atoms with Gasteiger partial charge in [0, 0.05) is 32.1 Å². The third-order valence-electron chi connectivity index (χ3n) is 4.06. The Balaban J connectivity index is 2.36. The SMILES string of the molecule is Cc1cc2c(-c3ccc(Cl)cc3)c(C(OC(C)C)C(=O)O)c(C)nc2s1. The Morgan fingerprint density at radius 1 is 1.23 bits per heavy atom. The molecule has 26 heavy (non-hydrogen) atoms. The molecule has 3 rings (SSSR count). The Morgan fingerprint density at radius 3 is 2.46 bits per heavy atom. The number of carboxylic acid groups (broad SMARTS) is 1. The maximum atomic E-state index is 12.0. The van der Waals surface area contributed by atoms with Crippen molar-refractivity contribution in [2.24, 2.45) is 0 Å². The van der Waals surface area contributed by atoms with Crippen LogP contribution >= 0.6 is 22.9 Å². The monoisotopic (exact) mass is 389 g/mol. The first kappa shape index (κ1) is 18.8. The molecule has 2 heterocycles. The fraction of sp³-hybridized carbons (Fsp3) is 0.300. The molecule has 0 aliphatic rings. The molecular formula is C20H20ClNO3S. The average Bonchev–Trinajstić information content (AvgIpc) is 2.92. The molecule has 0 radical (unpaired) electrons. The van der Waals surface area contributed by atoms with Gasteiger partial charge in [-0.3, -0.25) is 0 Å². The topological polar surface area (TPSA) is 59.4 Å². The number of ether oxygens (including phenoxy) is 1. The molecule has 0 amide bonds. The molecule has 1 aromatic carbocycles. The first-order valence-corrected chi connectivity index (χ1v) is 9.52. The number of hydrogen-bond acceptors (Lipinski definition) is 4. The molecule has 1 unspecified atom stereocenters. The summed E-state index contributed by atoms with van der Waals surface area (Å²) in [6.45, 7) is 7.51. The zero-order valence-electron chi connectivity index (χ0n) is 15.0. The number of rotatable bonds is 5. The predicted octanol–water partition coefficient (Wildman–Crippen LogP) is 5.78. The molecule has 136 valence electrons. The van der Waals surface area contributed by atoms with Crippen LogP contribution in [-0.2, 0) is 9.53 Å². The highest BCUT2D eigenvalue weighted by molar-refractivity contribution is 7.18. The molecule has 0 saturated heterocycles. The summed E-state index contributed by atoms with van der Waals surface area (Å²) in [5.74, 6) is -1.02. The molecule has 1 atom stereocenters. The maximum absolute atomic E-state index is 12.0. The largest absolute Gasteiger partial charge is 0.479 e. The van der Waals surface area contributed by atoms with Gasteiger partial charge in [0.2, 0.25) is 0 Å². The quantitative estimate of drug-likeness (QED) is 0.600. The van der Waals surface area contributed by atoms with Crippen LogP contribution in [0.3, 0.4) is 0 Å². The lowest BCUT2D eigenvalue weighted by atomic mass is 9.92. The van der Waals surface area contributed by atoms with E-state index in [1.54, 1.807) is 23.5 Å². The van der Waals surface area contributed by atoms with Gasteiger partial charge < -0.3 is 9.84 Å². The number of aryl methyl sites for hydroxylation is 2. The van der Waals surface area contributed by atoms with Crippen molar-refractivity contribution in [1.82, 2.24) is 4.98 Å². The normalized spacial score (nSPS) is 12.7. The number of benzene rings is 1. The van der Waals surface area contributed by atoms with Crippen LogP contribution in [0.15, 0.2) is 30.3 Å². The van der Waals surface area contributed by atoms with Gasteiger partial charge in [0.05, 0.1) is 6.10 Å². The number of carboxylic acids is 1. The minimum atomic E-state index is -1.09. The second-order valence-corrected chi connectivity index (χ2v) is 8.14. The van der Waals surface area contributed by atoms with Crippen LogP contribution in [0, 0.1) is 13.8 Å². The summed E-state index contributed by atoms with van der Waals surface area (Å²) in [6, 6.07) is 9.47. The van der Waals surface area contributed by atoms with Crippen molar-refractivity contribution in [3.8, 4) is 11.1 Å². The van der Waals surface area contributed by atoms with Crippen molar-refractivity contribution >= 4 is 39.1 Å². The Bertz CT molecular complexity index is 963. The second kappa shape index (κ2) is 7.35. The van der Waals surface area contributed by atoms with E-state index in [1.807, 2.05) is 45.9 Å². The molecule has 0 saturated carbocycles. The maximum Gasteiger partial charge on any atom is 0.337 e. The second-order valence-electron chi connectivity index (χ2n) is 6.47. The van der Waals surface area contributed by atoms with E-state index < -0.39 is 12.1 Å². The van der Waals surface area contributed by atoms with E-state index >= 15 is 0 Å². The van der Waals surface area contributed by atoms with E-state index in [0.717, 1.165) is 26.2 Å². The van der Waals surface area contributed by atoms with Gasteiger partial charge in [-0.05, 0) is 51.5 Å². The van der Waals surface area contributed by atoms with Gasteiger partial charge in [-0.15, -0.1) is 11.3 Å². The summed E-state index contributed by atoms with van der Waals surface area (Å²) < 4.78 is 5.76. The van der Waals surface area contributed by atoms with Gasteiger partial charge in [0.15, 0.2) is 6.10 Å². The molecule has 6 heteroatoms. The molecule has 0 aliphatic heterocycles. The van der Waals surface area contributed by atoms with Crippen LogP contribution in [0.1, 0.15) is 36.1 Å². The van der Waals surface area contributed by atoms with Crippen LogP contribution in [0.5, 0.6) is 0 Å². The van der Waals surface area contributed by atoms with Crippen molar-refractivity contribution in [3.05, 3.63) is 51.5 Å². The summed E-state index contributed by atoms with van der Waals surface area (Å²) in [5.41, 5.74) is 3.01. The van der Waals surface area contributed by atoms with Crippen LogP contribution in [0.25, 0.3) is 21.3 Å². The average molecular weight is 390 g/mol. The van der Waals surface area contributed by atoms with Crippen molar-refractivity contribution < 1.29 is 14.6 Å². The molecule has 0 spiro atoms.